The number of piperidine rings is 1. The first-order valence-corrected chi connectivity index (χ1v) is 9.64. The zero-order chi connectivity index (χ0) is 19.7. The van der Waals surface area contributed by atoms with E-state index < -0.39 is 0 Å². The van der Waals surface area contributed by atoms with Gasteiger partial charge in [-0.05, 0) is 35.4 Å². The molecule has 144 valence electrons. The van der Waals surface area contributed by atoms with Crippen molar-refractivity contribution in [2.75, 3.05) is 38.0 Å². The quantitative estimate of drug-likeness (QED) is 0.887. The first-order chi connectivity index (χ1) is 12.8. The fraction of sp³-hybridized carbons (Fsp3) is 0.435. The van der Waals surface area contributed by atoms with E-state index in [4.69, 9.17) is 0 Å². The number of nitrogens with zero attached hydrogens (tertiary/aromatic N) is 2. The highest BCUT2D eigenvalue weighted by molar-refractivity contribution is 5.85. The van der Waals surface area contributed by atoms with Crippen molar-refractivity contribution in [3.8, 4) is 0 Å². The molecule has 1 aliphatic heterocycles. The lowest BCUT2D eigenvalue weighted by Gasteiger charge is -2.39. The van der Waals surface area contributed by atoms with Gasteiger partial charge in [0.05, 0.1) is 0 Å². The van der Waals surface area contributed by atoms with Gasteiger partial charge in [-0.2, -0.15) is 0 Å². The Morgan fingerprint density at radius 2 is 1.00 bits per heavy atom. The van der Waals surface area contributed by atoms with Gasteiger partial charge >= 0.3 is 0 Å². The summed E-state index contributed by atoms with van der Waals surface area (Å²) in [6, 6.07) is 17.1. The molecule has 0 saturated carbocycles. The molecule has 0 aromatic heterocycles. The van der Waals surface area contributed by atoms with Crippen molar-refractivity contribution in [1.82, 2.24) is 5.32 Å². The summed E-state index contributed by atoms with van der Waals surface area (Å²) >= 11 is 0. The number of carbonyl (C=O) groups excluding carboxylic acids is 1. The van der Waals surface area contributed by atoms with E-state index in [1.165, 1.54) is 11.1 Å². The molecule has 0 radical (unpaired) electrons. The zero-order valence-corrected chi connectivity index (χ0v) is 17.2. The van der Waals surface area contributed by atoms with Crippen molar-refractivity contribution in [2.24, 2.45) is 11.8 Å². The van der Waals surface area contributed by atoms with Gasteiger partial charge in [0.1, 0.15) is 5.78 Å². The van der Waals surface area contributed by atoms with Crippen LogP contribution in [0.25, 0.3) is 0 Å². The number of rotatable bonds is 4. The first-order valence-electron chi connectivity index (χ1n) is 9.64. The van der Waals surface area contributed by atoms with Gasteiger partial charge in [0, 0.05) is 63.5 Å². The molecule has 1 N–H and O–H groups in total. The fourth-order valence-electron chi connectivity index (χ4n) is 3.95. The van der Waals surface area contributed by atoms with Crippen molar-refractivity contribution in [3.63, 3.8) is 0 Å². The van der Waals surface area contributed by atoms with Gasteiger partial charge in [-0.3, -0.25) is 4.79 Å². The Kier molecular flexibility index (Phi) is 5.56. The third kappa shape index (κ3) is 3.86. The molecule has 1 aliphatic rings. The average molecular weight is 366 g/mol. The smallest absolute Gasteiger partial charge is 0.142 e. The number of hydrogen-bond donors (Lipinski definition) is 1. The van der Waals surface area contributed by atoms with Crippen LogP contribution in [0.1, 0.15) is 37.1 Å². The molecule has 0 aliphatic carbocycles. The molecule has 27 heavy (non-hydrogen) atoms. The third-order valence-corrected chi connectivity index (χ3v) is 5.79. The number of Topliss-reactive ketones (excluding diaryl/α,β-unsaturated/α-hetero) is 1. The summed E-state index contributed by atoms with van der Waals surface area (Å²) in [5.41, 5.74) is 4.67. The van der Waals surface area contributed by atoms with Crippen LogP contribution in [0.2, 0.25) is 0 Å². The van der Waals surface area contributed by atoms with Gasteiger partial charge in [0.15, 0.2) is 0 Å². The van der Waals surface area contributed by atoms with Gasteiger partial charge in [0.2, 0.25) is 0 Å². The van der Waals surface area contributed by atoms with Gasteiger partial charge < -0.3 is 15.1 Å². The maximum absolute atomic E-state index is 13.0. The van der Waals surface area contributed by atoms with E-state index in [-0.39, 0.29) is 23.9 Å². The third-order valence-electron chi connectivity index (χ3n) is 5.79. The van der Waals surface area contributed by atoms with E-state index in [1.807, 2.05) is 42.0 Å². The van der Waals surface area contributed by atoms with Crippen LogP contribution in [0, 0.1) is 11.8 Å². The summed E-state index contributed by atoms with van der Waals surface area (Å²) < 4.78 is 0. The second-order valence-corrected chi connectivity index (χ2v) is 8.07. The van der Waals surface area contributed by atoms with E-state index in [0.29, 0.717) is 5.78 Å². The molecule has 2 aromatic rings. The molecule has 4 heteroatoms. The maximum atomic E-state index is 13.0. The molecule has 0 amide bonds. The number of hydrogen-bond acceptors (Lipinski definition) is 4. The summed E-state index contributed by atoms with van der Waals surface area (Å²) in [4.78, 5) is 17.2. The van der Waals surface area contributed by atoms with Crippen molar-refractivity contribution in [2.45, 2.75) is 25.9 Å². The zero-order valence-electron chi connectivity index (χ0n) is 17.2. The van der Waals surface area contributed by atoms with Crippen molar-refractivity contribution in [3.05, 3.63) is 59.7 Å². The highest BCUT2D eigenvalue weighted by Crippen LogP contribution is 2.38. The normalized spacial score (nSPS) is 25.3. The minimum atomic E-state index is -0.0393. The molecular weight excluding hydrogens is 334 g/mol. The molecule has 1 saturated heterocycles. The summed E-state index contributed by atoms with van der Waals surface area (Å²) in [5, 5.41) is 3.77. The predicted octanol–water partition coefficient (Wildman–Crippen LogP) is 4.05. The van der Waals surface area contributed by atoms with E-state index in [2.05, 4.69) is 63.6 Å². The van der Waals surface area contributed by atoms with Crippen LogP contribution in [0.5, 0.6) is 0 Å². The Bertz CT molecular complexity index is 715. The van der Waals surface area contributed by atoms with E-state index >= 15 is 0 Å². The summed E-state index contributed by atoms with van der Waals surface area (Å²) in [6.45, 7) is 4.09. The molecule has 3 rings (SSSR count). The second kappa shape index (κ2) is 7.73. The largest absolute Gasteiger partial charge is 0.378 e. The van der Waals surface area contributed by atoms with Crippen LogP contribution in [-0.2, 0) is 4.79 Å². The summed E-state index contributed by atoms with van der Waals surface area (Å²) in [5.74, 6) is 0.252. The van der Waals surface area contributed by atoms with Crippen LogP contribution < -0.4 is 15.1 Å². The van der Waals surface area contributed by atoms with Crippen LogP contribution in [0.3, 0.4) is 0 Å². The molecule has 1 heterocycles. The molecule has 0 spiro atoms. The Balaban J connectivity index is 1.89. The number of carbonyl (C=O) groups is 1. The number of anilines is 2. The van der Waals surface area contributed by atoms with Crippen LogP contribution in [0.4, 0.5) is 11.4 Å². The maximum Gasteiger partial charge on any atom is 0.142 e. The van der Waals surface area contributed by atoms with E-state index in [9.17, 15) is 4.79 Å². The summed E-state index contributed by atoms with van der Waals surface area (Å²) in [7, 11) is 8.15. The van der Waals surface area contributed by atoms with Crippen LogP contribution in [-0.4, -0.2) is 34.0 Å². The minimum absolute atomic E-state index is 0.0310. The Morgan fingerprint density at radius 3 is 1.30 bits per heavy atom. The summed E-state index contributed by atoms with van der Waals surface area (Å²) in [6.07, 6.45) is 0. The van der Waals surface area contributed by atoms with Crippen LogP contribution in [0.15, 0.2) is 48.5 Å². The number of ketones is 1. The SMILES string of the molecule is C[C@H]1C(=O)[C@H](C)[C@H](c2ccc(N(C)C)cc2)N[C@@H]1c1ccc(N(C)C)cc1. The van der Waals surface area contributed by atoms with Crippen molar-refractivity contribution >= 4 is 17.2 Å². The van der Waals surface area contributed by atoms with Gasteiger partial charge in [-0.25, -0.2) is 0 Å². The standard InChI is InChI=1S/C23H31N3O/c1-15-21(17-7-11-19(12-8-17)25(3)4)24-22(16(2)23(15)27)18-9-13-20(14-10-18)26(5)6/h7-16,21-22,24H,1-6H3/t15-,16-,21-,22+/m1/s1. The van der Waals surface area contributed by atoms with Gasteiger partial charge in [-0.1, -0.05) is 38.1 Å². The molecular formula is C23H31N3O. The monoisotopic (exact) mass is 365 g/mol. The molecule has 4 atom stereocenters. The highest BCUT2D eigenvalue weighted by atomic mass is 16.1. The lowest BCUT2D eigenvalue weighted by molar-refractivity contribution is -0.130. The highest BCUT2D eigenvalue weighted by Gasteiger charge is 2.40. The van der Waals surface area contributed by atoms with E-state index in [1.54, 1.807) is 0 Å². The lowest BCUT2D eigenvalue weighted by Crippen LogP contribution is -2.46. The molecule has 2 aromatic carbocycles. The Labute approximate surface area is 163 Å². The number of benzene rings is 2. The number of nitrogens with one attached hydrogen (secondary N) is 1. The molecule has 1 fully saturated rings. The van der Waals surface area contributed by atoms with Crippen molar-refractivity contribution < 1.29 is 4.79 Å². The molecule has 4 nitrogen and oxygen atoms in total. The molecule has 0 unspecified atom stereocenters. The fourth-order valence-corrected chi connectivity index (χ4v) is 3.95. The van der Waals surface area contributed by atoms with Gasteiger partial charge in [-0.15, -0.1) is 0 Å². The first kappa shape index (κ1) is 19.4. The Hall–Kier alpha value is -2.33. The topological polar surface area (TPSA) is 35.6 Å². The lowest BCUT2D eigenvalue weighted by atomic mass is 9.76. The van der Waals surface area contributed by atoms with Crippen molar-refractivity contribution in [1.29, 1.82) is 0 Å². The van der Waals surface area contributed by atoms with E-state index in [0.717, 1.165) is 11.4 Å². The molecule has 0 bridgehead atoms. The minimum Gasteiger partial charge on any atom is -0.378 e. The second-order valence-electron chi connectivity index (χ2n) is 8.07. The van der Waals surface area contributed by atoms with Gasteiger partial charge in [0.25, 0.3) is 0 Å². The average Bonchev–Trinajstić information content (AvgIpc) is 2.66. The predicted molar refractivity (Wildman–Crippen MR) is 113 cm³/mol. The Morgan fingerprint density at radius 1 is 0.667 bits per heavy atom. The van der Waals surface area contributed by atoms with Crippen LogP contribution >= 0.6 is 0 Å².